The molecule has 0 saturated carbocycles. The summed E-state index contributed by atoms with van der Waals surface area (Å²) in [5, 5.41) is 0. The molecule has 1 heterocycles. The SMILES string of the molecule is CCc1ccc(C(CN)N(CC)CCCN(C)C)s1. The zero-order chi connectivity index (χ0) is 14.3. The minimum atomic E-state index is 0.387. The van der Waals surface area contributed by atoms with Crippen molar-refractivity contribution < 1.29 is 0 Å². The summed E-state index contributed by atoms with van der Waals surface area (Å²) in [6.45, 7) is 8.47. The molecule has 0 radical (unpaired) electrons. The van der Waals surface area contributed by atoms with Crippen molar-refractivity contribution in [3.8, 4) is 0 Å². The van der Waals surface area contributed by atoms with Crippen molar-refractivity contribution in [3.05, 3.63) is 21.9 Å². The minimum absolute atomic E-state index is 0.387. The van der Waals surface area contributed by atoms with Crippen LogP contribution in [0.4, 0.5) is 0 Å². The van der Waals surface area contributed by atoms with E-state index in [1.807, 2.05) is 11.3 Å². The Balaban J connectivity index is 2.63. The first-order valence-electron chi connectivity index (χ1n) is 7.29. The predicted molar refractivity (Wildman–Crippen MR) is 85.9 cm³/mol. The lowest BCUT2D eigenvalue weighted by atomic mass is 10.2. The maximum Gasteiger partial charge on any atom is 0.0564 e. The summed E-state index contributed by atoms with van der Waals surface area (Å²) in [6, 6.07) is 4.89. The Bertz CT molecular complexity index is 349. The van der Waals surface area contributed by atoms with E-state index >= 15 is 0 Å². The molecule has 0 fully saturated rings. The number of aryl methyl sites for hydroxylation is 1. The molecular weight excluding hydrogens is 254 g/mol. The van der Waals surface area contributed by atoms with Crippen LogP contribution < -0.4 is 5.73 Å². The first kappa shape index (κ1) is 16.6. The van der Waals surface area contributed by atoms with Crippen LogP contribution in [0.2, 0.25) is 0 Å². The third kappa shape index (κ3) is 5.22. The number of rotatable bonds is 9. The molecule has 1 aromatic heterocycles. The van der Waals surface area contributed by atoms with Gasteiger partial charge in [-0.2, -0.15) is 0 Å². The standard InChI is InChI=1S/C15H29N3S/c1-5-13-8-9-15(19-13)14(12-16)18(6-2)11-7-10-17(3)4/h8-9,14H,5-7,10-12,16H2,1-4H3. The van der Waals surface area contributed by atoms with E-state index in [1.165, 1.54) is 16.2 Å². The molecule has 0 aliphatic carbocycles. The molecule has 4 heteroatoms. The van der Waals surface area contributed by atoms with Gasteiger partial charge in [-0.15, -0.1) is 11.3 Å². The van der Waals surface area contributed by atoms with Gasteiger partial charge in [0.25, 0.3) is 0 Å². The fourth-order valence-corrected chi connectivity index (χ4v) is 3.43. The van der Waals surface area contributed by atoms with Gasteiger partial charge in [-0.3, -0.25) is 4.90 Å². The molecule has 110 valence electrons. The quantitative estimate of drug-likeness (QED) is 0.756. The molecule has 1 atom stereocenters. The largest absolute Gasteiger partial charge is 0.329 e. The highest BCUT2D eigenvalue weighted by atomic mass is 32.1. The summed E-state index contributed by atoms with van der Waals surface area (Å²) in [6.07, 6.45) is 2.32. The summed E-state index contributed by atoms with van der Waals surface area (Å²) in [5.74, 6) is 0. The smallest absolute Gasteiger partial charge is 0.0564 e. The van der Waals surface area contributed by atoms with Crippen LogP contribution in [0.1, 0.15) is 36.1 Å². The van der Waals surface area contributed by atoms with Crippen molar-refractivity contribution in [2.24, 2.45) is 5.73 Å². The molecule has 19 heavy (non-hydrogen) atoms. The highest BCUT2D eigenvalue weighted by Gasteiger charge is 2.19. The van der Waals surface area contributed by atoms with Crippen LogP contribution in [0.15, 0.2) is 12.1 Å². The van der Waals surface area contributed by atoms with Crippen LogP contribution in [0.25, 0.3) is 0 Å². The van der Waals surface area contributed by atoms with Gasteiger partial charge in [-0.25, -0.2) is 0 Å². The van der Waals surface area contributed by atoms with Crippen molar-refractivity contribution in [2.75, 3.05) is 40.3 Å². The van der Waals surface area contributed by atoms with Gasteiger partial charge in [-0.05, 0) is 52.2 Å². The lowest BCUT2D eigenvalue weighted by Gasteiger charge is -2.29. The molecule has 0 spiro atoms. The molecule has 0 amide bonds. The van der Waals surface area contributed by atoms with Crippen LogP contribution >= 0.6 is 11.3 Å². The Morgan fingerprint density at radius 1 is 1.21 bits per heavy atom. The minimum Gasteiger partial charge on any atom is -0.329 e. The lowest BCUT2D eigenvalue weighted by molar-refractivity contribution is 0.204. The molecule has 0 bridgehead atoms. The number of hydrogen-bond acceptors (Lipinski definition) is 4. The maximum atomic E-state index is 6.02. The molecule has 1 unspecified atom stereocenters. The van der Waals surface area contributed by atoms with E-state index in [0.29, 0.717) is 12.6 Å². The Morgan fingerprint density at radius 2 is 1.95 bits per heavy atom. The maximum absolute atomic E-state index is 6.02. The van der Waals surface area contributed by atoms with Crippen molar-refractivity contribution in [1.82, 2.24) is 9.80 Å². The predicted octanol–water partition coefficient (Wildman–Crippen LogP) is 2.58. The van der Waals surface area contributed by atoms with Gasteiger partial charge in [0, 0.05) is 22.8 Å². The average molecular weight is 283 g/mol. The highest BCUT2D eigenvalue weighted by Crippen LogP contribution is 2.27. The summed E-state index contributed by atoms with van der Waals surface area (Å²) in [5.41, 5.74) is 6.02. The van der Waals surface area contributed by atoms with Crippen LogP contribution in [-0.4, -0.2) is 50.1 Å². The van der Waals surface area contributed by atoms with E-state index in [1.54, 1.807) is 0 Å². The lowest BCUT2D eigenvalue weighted by Crippen LogP contribution is -2.35. The number of thiophene rings is 1. The molecule has 0 saturated heterocycles. The van der Waals surface area contributed by atoms with E-state index in [4.69, 9.17) is 5.73 Å². The van der Waals surface area contributed by atoms with Crippen LogP contribution in [0.3, 0.4) is 0 Å². The van der Waals surface area contributed by atoms with E-state index in [2.05, 4.69) is 49.9 Å². The van der Waals surface area contributed by atoms with E-state index in [0.717, 1.165) is 26.1 Å². The van der Waals surface area contributed by atoms with Crippen LogP contribution in [0, 0.1) is 0 Å². The van der Waals surface area contributed by atoms with Gasteiger partial charge >= 0.3 is 0 Å². The van der Waals surface area contributed by atoms with Crippen LogP contribution in [0.5, 0.6) is 0 Å². The second kappa shape index (κ2) is 8.69. The average Bonchev–Trinajstić information content (AvgIpc) is 2.86. The van der Waals surface area contributed by atoms with Crippen molar-refractivity contribution in [3.63, 3.8) is 0 Å². The molecule has 0 aromatic carbocycles. The number of nitrogens with two attached hydrogens (primary N) is 1. The number of hydrogen-bond donors (Lipinski definition) is 1. The van der Waals surface area contributed by atoms with Crippen molar-refractivity contribution in [1.29, 1.82) is 0 Å². The second-order valence-electron chi connectivity index (χ2n) is 5.19. The summed E-state index contributed by atoms with van der Waals surface area (Å²) < 4.78 is 0. The second-order valence-corrected chi connectivity index (χ2v) is 6.39. The van der Waals surface area contributed by atoms with Gasteiger partial charge < -0.3 is 10.6 Å². The summed E-state index contributed by atoms with van der Waals surface area (Å²) in [4.78, 5) is 7.63. The molecule has 2 N–H and O–H groups in total. The Hall–Kier alpha value is -0.420. The van der Waals surface area contributed by atoms with Crippen molar-refractivity contribution >= 4 is 11.3 Å². The van der Waals surface area contributed by atoms with Gasteiger partial charge in [0.2, 0.25) is 0 Å². The highest BCUT2D eigenvalue weighted by molar-refractivity contribution is 7.12. The molecule has 3 nitrogen and oxygen atoms in total. The summed E-state index contributed by atoms with van der Waals surface area (Å²) in [7, 11) is 4.26. The van der Waals surface area contributed by atoms with Gasteiger partial charge in [-0.1, -0.05) is 13.8 Å². The number of likely N-dealkylation sites (N-methyl/N-ethyl adjacent to an activating group) is 1. The molecule has 1 aromatic rings. The fraction of sp³-hybridized carbons (Fsp3) is 0.733. The van der Waals surface area contributed by atoms with Crippen LogP contribution in [-0.2, 0) is 6.42 Å². The third-order valence-corrected chi connectivity index (χ3v) is 4.81. The first-order chi connectivity index (χ1) is 9.12. The topological polar surface area (TPSA) is 32.5 Å². The Labute approximate surface area is 122 Å². The third-order valence-electron chi connectivity index (χ3n) is 3.48. The molecule has 1 rings (SSSR count). The van der Waals surface area contributed by atoms with E-state index < -0.39 is 0 Å². The molecule has 0 aliphatic heterocycles. The normalized spacial score (nSPS) is 13.4. The Morgan fingerprint density at radius 3 is 2.42 bits per heavy atom. The van der Waals surface area contributed by atoms with Gasteiger partial charge in [0.1, 0.15) is 0 Å². The molecular formula is C15H29N3S. The zero-order valence-electron chi connectivity index (χ0n) is 12.9. The fourth-order valence-electron chi connectivity index (χ4n) is 2.33. The van der Waals surface area contributed by atoms with E-state index in [9.17, 15) is 0 Å². The van der Waals surface area contributed by atoms with Crippen molar-refractivity contribution in [2.45, 2.75) is 32.7 Å². The van der Waals surface area contributed by atoms with E-state index in [-0.39, 0.29) is 0 Å². The first-order valence-corrected chi connectivity index (χ1v) is 8.11. The van der Waals surface area contributed by atoms with Gasteiger partial charge in [0.05, 0.1) is 6.04 Å². The molecule has 0 aliphatic rings. The Kier molecular flexibility index (Phi) is 7.61. The summed E-state index contributed by atoms with van der Waals surface area (Å²) >= 11 is 1.92. The van der Waals surface area contributed by atoms with Gasteiger partial charge in [0.15, 0.2) is 0 Å². The monoisotopic (exact) mass is 283 g/mol. The number of nitrogens with zero attached hydrogens (tertiary/aromatic N) is 2. The zero-order valence-corrected chi connectivity index (χ0v) is 13.7.